The zero-order chi connectivity index (χ0) is 19.9. The van der Waals surface area contributed by atoms with Crippen LogP contribution in [0.1, 0.15) is 47.5 Å². The molecule has 0 aromatic carbocycles. The molecule has 1 aliphatic rings. The predicted molar refractivity (Wildman–Crippen MR) is 90.7 cm³/mol. The van der Waals surface area contributed by atoms with Crippen molar-refractivity contribution in [2.24, 2.45) is 0 Å². The van der Waals surface area contributed by atoms with Gasteiger partial charge in [0.15, 0.2) is 0 Å². The summed E-state index contributed by atoms with van der Waals surface area (Å²) in [4.78, 5) is 37.1. The molecule has 0 aromatic heterocycles. The van der Waals surface area contributed by atoms with Crippen molar-refractivity contribution in [3.05, 3.63) is 0 Å². The van der Waals surface area contributed by atoms with Gasteiger partial charge in [0, 0.05) is 20.4 Å². The van der Waals surface area contributed by atoms with Crippen LogP contribution >= 0.6 is 0 Å². The Morgan fingerprint density at radius 2 is 1.96 bits per heavy atom. The highest BCUT2D eigenvalue weighted by molar-refractivity contribution is 5.86. The van der Waals surface area contributed by atoms with E-state index in [1.807, 2.05) is 20.8 Å². The third-order valence-electron chi connectivity index (χ3n) is 3.56. The number of esters is 1. The van der Waals surface area contributed by atoms with E-state index >= 15 is 0 Å². The van der Waals surface area contributed by atoms with Gasteiger partial charge in [0.25, 0.3) is 0 Å². The summed E-state index contributed by atoms with van der Waals surface area (Å²) in [5, 5.41) is 11.6. The van der Waals surface area contributed by atoms with Gasteiger partial charge in [-0.1, -0.05) is 0 Å². The van der Waals surface area contributed by atoms with E-state index in [9.17, 15) is 19.6 Å². The number of carbonyl (C=O) groups excluding carboxylic acids is 3. The van der Waals surface area contributed by atoms with E-state index in [1.165, 1.54) is 18.7 Å². The second kappa shape index (κ2) is 9.38. The minimum absolute atomic E-state index is 0.0754. The van der Waals surface area contributed by atoms with E-state index in [4.69, 9.17) is 14.2 Å². The Bertz CT molecular complexity index is 566. The summed E-state index contributed by atoms with van der Waals surface area (Å²) in [6, 6.07) is 0.562. The van der Waals surface area contributed by atoms with E-state index in [-0.39, 0.29) is 6.61 Å². The zero-order valence-corrected chi connectivity index (χ0v) is 15.9. The first-order valence-corrected chi connectivity index (χ1v) is 8.52. The van der Waals surface area contributed by atoms with E-state index in [0.717, 1.165) is 6.42 Å². The van der Waals surface area contributed by atoms with Crippen LogP contribution in [0.5, 0.6) is 0 Å². The molecule has 26 heavy (non-hydrogen) atoms. The second-order valence-corrected chi connectivity index (χ2v) is 7.02. The fraction of sp³-hybridized carbons (Fsp3) is 0.765. The molecule has 3 atom stereocenters. The number of hydrogen-bond acceptors (Lipinski definition) is 7. The lowest BCUT2D eigenvalue weighted by atomic mass is 10.2. The number of likely N-dealkylation sites (tertiary alicyclic amines) is 1. The van der Waals surface area contributed by atoms with Gasteiger partial charge in [0.05, 0.1) is 18.3 Å². The van der Waals surface area contributed by atoms with Crippen molar-refractivity contribution in [1.29, 1.82) is 5.26 Å². The van der Waals surface area contributed by atoms with Crippen molar-refractivity contribution >= 4 is 18.0 Å². The van der Waals surface area contributed by atoms with Crippen LogP contribution < -0.4 is 5.32 Å². The first-order chi connectivity index (χ1) is 12.0. The molecule has 1 aliphatic heterocycles. The summed E-state index contributed by atoms with van der Waals surface area (Å²) >= 11 is 0. The highest BCUT2D eigenvalue weighted by atomic mass is 16.7. The molecule has 1 heterocycles. The van der Waals surface area contributed by atoms with Crippen molar-refractivity contribution in [2.45, 2.75) is 71.4 Å². The van der Waals surface area contributed by atoms with E-state index in [2.05, 4.69) is 11.4 Å². The van der Waals surface area contributed by atoms with Crippen LogP contribution in [-0.4, -0.2) is 60.0 Å². The average molecular weight is 369 g/mol. The molecule has 0 saturated carbocycles. The number of nitrogens with zero attached hydrogens (tertiary/aromatic N) is 2. The quantitative estimate of drug-likeness (QED) is 0.554. The number of carbonyl (C=O) groups is 3. The average Bonchev–Trinajstić information content (AvgIpc) is 2.97. The molecule has 1 rings (SSSR count). The molecule has 3 unspecified atom stereocenters. The molecular formula is C17H27N3O6. The van der Waals surface area contributed by atoms with Crippen LogP contribution in [0.25, 0.3) is 0 Å². The summed E-state index contributed by atoms with van der Waals surface area (Å²) in [5.41, 5.74) is -0.519. The Balaban J connectivity index is 2.77. The lowest BCUT2D eigenvalue weighted by Gasteiger charge is -2.29. The number of nitriles is 1. The van der Waals surface area contributed by atoms with Gasteiger partial charge in [0.1, 0.15) is 12.1 Å². The fourth-order valence-corrected chi connectivity index (χ4v) is 2.46. The first-order valence-electron chi connectivity index (χ1n) is 8.52. The Kier molecular flexibility index (Phi) is 7.83. The van der Waals surface area contributed by atoms with Crippen molar-refractivity contribution in [3.8, 4) is 6.07 Å². The third-order valence-corrected chi connectivity index (χ3v) is 3.56. The molecule has 0 radical (unpaired) electrons. The molecule has 2 amide bonds. The summed E-state index contributed by atoms with van der Waals surface area (Å²) < 4.78 is 15.3. The molecule has 0 aliphatic carbocycles. The number of alkyl carbamates (subject to hydrolysis) is 1. The Morgan fingerprint density at radius 1 is 1.31 bits per heavy atom. The van der Waals surface area contributed by atoms with Crippen LogP contribution in [0.15, 0.2) is 0 Å². The molecule has 9 nitrogen and oxygen atoms in total. The Hall–Kier alpha value is -2.34. The van der Waals surface area contributed by atoms with Gasteiger partial charge in [-0.25, -0.2) is 4.79 Å². The third kappa shape index (κ3) is 7.27. The molecule has 9 heteroatoms. The molecule has 1 saturated heterocycles. The summed E-state index contributed by atoms with van der Waals surface area (Å²) in [6.07, 6.45) is -0.680. The molecule has 1 fully saturated rings. The molecular weight excluding hydrogens is 342 g/mol. The van der Waals surface area contributed by atoms with Crippen LogP contribution in [0.4, 0.5) is 4.79 Å². The van der Waals surface area contributed by atoms with Crippen molar-refractivity contribution in [1.82, 2.24) is 10.2 Å². The number of hydrogen-bond donors (Lipinski definition) is 1. The van der Waals surface area contributed by atoms with Gasteiger partial charge < -0.3 is 24.4 Å². The van der Waals surface area contributed by atoms with E-state index in [0.29, 0.717) is 13.0 Å². The van der Waals surface area contributed by atoms with Gasteiger partial charge in [-0.3, -0.25) is 9.59 Å². The molecule has 146 valence electrons. The van der Waals surface area contributed by atoms with Gasteiger partial charge in [-0.05, 0) is 33.6 Å². The van der Waals surface area contributed by atoms with Crippen molar-refractivity contribution in [2.75, 3.05) is 13.2 Å². The Labute approximate surface area is 153 Å². The largest absolute Gasteiger partial charge is 0.426 e. The number of ether oxygens (including phenoxy) is 3. The summed E-state index contributed by atoms with van der Waals surface area (Å²) in [5.74, 6) is -1.00. The maximum Gasteiger partial charge on any atom is 0.410 e. The normalized spacial score (nSPS) is 19.2. The summed E-state index contributed by atoms with van der Waals surface area (Å²) in [7, 11) is 0. The second-order valence-electron chi connectivity index (χ2n) is 7.02. The molecule has 0 bridgehead atoms. The minimum atomic E-state index is -1.09. The first kappa shape index (κ1) is 21.7. The standard InChI is InChI=1S/C17H27N3O6/c1-11(21)25-12(2)26-16(23)19-14(10-24-17(3,4)5)15(22)20-8-6-7-13(20)9-18/h12-14H,6-8,10H2,1-5H3,(H,19,23). The number of amides is 2. The van der Waals surface area contributed by atoms with Gasteiger partial charge in [-0.15, -0.1) is 0 Å². The number of nitrogens with one attached hydrogen (secondary N) is 1. The fourth-order valence-electron chi connectivity index (χ4n) is 2.46. The zero-order valence-electron chi connectivity index (χ0n) is 15.9. The highest BCUT2D eigenvalue weighted by Crippen LogP contribution is 2.18. The van der Waals surface area contributed by atoms with Gasteiger partial charge in [-0.2, -0.15) is 5.26 Å². The van der Waals surface area contributed by atoms with Crippen LogP contribution in [0.2, 0.25) is 0 Å². The molecule has 0 spiro atoms. The maximum absolute atomic E-state index is 12.8. The van der Waals surface area contributed by atoms with Crippen LogP contribution in [0.3, 0.4) is 0 Å². The predicted octanol–water partition coefficient (Wildman–Crippen LogP) is 1.32. The molecule has 1 N–H and O–H groups in total. The van der Waals surface area contributed by atoms with Gasteiger partial charge >= 0.3 is 12.1 Å². The topological polar surface area (TPSA) is 118 Å². The lowest BCUT2D eigenvalue weighted by Crippen LogP contribution is -2.53. The van der Waals surface area contributed by atoms with Crippen LogP contribution in [-0.2, 0) is 23.8 Å². The highest BCUT2D eigenvalue weighted by Gasteiger charge is 2.35. The van der Waals surface area contributed by atoms with E-state index in [1.54, 1.807) is 0 Å². The van der Waals surface area contributed by atoms with Crippen molar-refractivity contribution in [3.63, 3.8) is 0 Å². The maximum atomic E-state index is 12.8. The summed E-state index contributed by atoms with van der Waals surface area (Å²) in [6.45, 7) is 8.42. The van der Waals surface area contributed by atoms with E-state index < -0.39 is 41.9 Å². The minimum Gasteiger partial charge on any atom is -0.426 e. The van der Waals surface area contributed by atoms with Gasteiger partial charge in [0.2, 0.25) is 12.2 Å². The Morgan fingerprint density at radius 3 is 2.50 bits per heavy atom. The smallest absolute Gasteiger partial charge is 0.410 e. The van der Waals surface area contributed by atoms with Crippen LogP contribution in [0, 0.1) is 11.3 Å². The SMILES string of the molecule is CC(=O)OC(C)OC(=O)NC(COC(C)(C)C)C(=O)N1CCCC1C#N. The lowest BCUT2D eigenvalue weighted by molar-refractivity contribution is -0.162. The van der Waals surface area contributed by atoms with Crippen molar-refractivity contribution < 1.29 is 28.6 Å². The number of rotatable bonds is 6. The monoisotopic (exact) mass is 369 g/mol. The molecule has 0 aromatic rings.